The van der Waals surface area contributed by atoms with Crippen LogP contribution in [0, 0.1) is 0 Å². The zero-order valence-electron chi connectivity index (χ0n) is 21.5. The lowest BCUT2D eigenvalue weighted by Gasteiger charge is -2.23. The van der Waals surface area contributed by atoms with E-state index in [1.54, 1.807) is 60.7 Å². The van der Waals surface area contributed by atoms with E-state index in [0.29, 0.717) is 33.4 Å². The fourth-order valence-corrected chi connectivity index (χ4v) is 5.80. The number of nitrogens with zero attached hydrogens (tertiary/aromatic N) is 1. The first kappa shape index (κ1) is 28.9. The van der Waals surface area contributed by atoms with Crippen molar-refractivity contribution in [3.63, 3.8) is 0 Å². The molecule has 4 rings (SSSR count). The Kier molecular flexibility index (Phi) is 8.67. The molecule has 0 atom stereocenters. The molecule has 0 unspecified atom stereocenters. The smallest absolute Gasteiger partial charge is 0.261 e. The number of anilines is 3. The third-order valence-corrected chi connectivity index (χ3v) is 8.61. The summed E-state index contributed by atoms with van der Waals surface area (Å²) < 4.78 is 59.1. The molecule has 0 aromatic heterocycles. The van der Waals surface area contributed by atoms with Crippen molar-refractivity contribution in [1.82, 2.24) is 0 Å². The molecule has 4 aromatic rings. The van der Waals surface area contributed by atoms with Gasteiger partial charge in [0.1, 0.15) is 5.75 Å². The zero-order chi connectivity index (χ0) is 28.9. The number of halogens is 1. The minimum atomic E-state index is -3.84. The van der Waals surface area contributed by atoms with Crippen molar-refractivity contribution in [3.8, 4) is 5.75 Å². The molecule has 40 heavy (non-hydrogen) atoms. The van der Waals surface area contributed by atoms with Crippen molar-refractivity contribution in [2.45, 2.75) is 11.4 Å². The van der Waals surface area contributed by atoms with Crippen molar-refractivity contribution in [3.05, 3.63) is 113 Å². The maximum Gasteiger partial charge on any atom is 0.261 e. The predicted molar refractivity (Wildman–Crippen MR) is 157 cm³/mol. The molecule has 0 saturated heterocycles. The van der Waals surface area contributed by atoms with E-state index in [1.165, 1.54) is 47.8 Å². The molecule has 0 heterocycles. The highest BCUT2D eigenvalue weighted by atomic mass is 35.5. The average Bonchev–Trinajstić information content (AvgIpc) is 2.93. The van der Waals surface area contributed by atoms with Crippen LogP contribution in [0.1, 0.15) is 15.9 Å². The Morgan fingerprint density at radius 2 is 1.38 bits per heavy atom. The SMILES string of the molecule is COc1ccc(NS(=O)(=O)c2ccc(NC(=O)c3ccc(N(Cc4ccc(Cl)cc4)S(C)(=O)=O)cc3)cc2)cc1. The van der Waals surface area contributed by atoms with Gasteiger partial charge in [-0.25, -0.2) is 16.8 Å². The Morgan fingerprint density at radius 1 is 0.800 bits per heavy atom. The number of ether oxygens (including phenoxy) is 1. The summed E-state index contributed by atoms with van der Waals surface area (Å²) in [6.07, 6.45) is 1.11. The van der Waals surface area contributed by atoms with Crippen molar-refractivity contribution in [2.24, 2.45) is 0 Å². The molecule has 4 aromatic carbocycles. The topological polar surface area (TPSA) is 122 Å². The second kappa shape index (κ2) is 12.0. The molecular weight excluding hydrogens is 574 g/mol. The van der Waals surface area contributed by atoms with Gasteiger partial charge in [0.25, 0.3) is 15.9 Å². The number of carbonyl (C=O) groups excluding carboxylic acids is 1. The molecule has 0 bridgehead atoms. The molecule has 208 valence electrons. The number of sulfonamides is 2. The minimum Gasteiger partial charge on any atom is -0.497 e. The Morgan fingerprint density at radius 3 is 1.93 bits per heavy atom. The predicted octanol–water partition coefficient (Wildman–Crippen LogP) is 5.37. The van der Waals surface area contributed by atoms with Crippen LogP contribution in [-0.2, 0) is 26.6 Å². The molecule has 12 heteroatoms. The van der Waals surface area contributed by atoms with E-state index >= 15 is 0 Å². The van der Waals surface area contributed by atoms with Crippen LogP contribution in [0.5, 0.6) is 5.75 Å². The van der Waals surface area contributed by atoms with Crippen molar-refractivity contribution in [2.75, 3.05) is 27.7 Å². The third kappa shape index (κ3) is 7.32. The first-order valence-electron chi connectivity index (χ1n) is 11.9. The molecule has 2 N–H and O–H groups in total. The van der Waals surface area contributed by atoms with Gasteiger partial charge in [0, 0.05) is 22.0 Å². The van der Waals surface area contributed by atoms with Crippen LogP contribution in [0.3, 0.4) is 0 Å². The largest absolute Gasteiger partial charge is 0.497 e. The van der Waals surface area contributed by atoms with Crippen LogP contribution >= 0.6 is 11.6 Å². The van der Waals surface area contributed by atoms with Gasteiger partial charge in [-0.2, -0.15) is 0 Å². The maximum atomic E-state index is 12.8. The highest BCUT2D eigenvalue weighted by Crippen LogP contribution is 2.24. The number of nitrogens with one attached hydrogen (secondary N) is 2. The van der Waals surface area contributed by atoms with Crippen LogP contribution in [0.15, 0.2) is 102 Å². The number of hydrogen-bond donors (Lipinski definition) is 2. The first-order valence-corrected chi connectivity index (χ1v) is 15.6. The number of benzene rings is 4. The Labute approximate surface area is 238 Å². The summed E-state index contributed by atoms with van der Waals surface area (Å²) in [6, 6.07) is 25.2. The van der Waals surface area contributed by atoms with Gasteiger partial charge < -0.3 is 10.1 Å². The standard InChI is InChI=1S/C28H26ClN3O6S2/c1-38-26-15-9-24(10-16-26)31-40(36,37)27-17-11-23(12-18-27)30-28(33)21-5-13-25(14-6-21)32(39(2,34)35)19-20-3-7-22(29)8-4-20/h3-18,31H,19H2,1-2H3,(H,30,33). The second-order valence-corrected chi connectivity index (χ2v) is 12.8. The van der Waals surface area contributed by atoms with E-state index in [1.807, 2.05) is 0 Å². The Hall–Kier alpha value is -4.06. The zero-order valence-corrected chi connectivity index (χ0v) is 23.9. The molecular formula is C28H26ClN3O6S2. The molecule has 0 aliphatic carbocycles. The molecule has 9 nitrogen and oxygen atoms in total. The maximum absolute atomic E-state index is 12.8. The van der Waals surface area contributed by atoms with E-state index in [9.17, 15) is 21.6 Å². The highest BCUT2D eigenvalue weighted by molar-refractivity contribution is 7.92. The van der Waals surface area contributed by atoms with Gasteiger partial charge in [0.2, 0.25) is 10.0 Å². The normalized spacial score (nSPS) is 11.5. The van der Waals surface area contributed by atoms with Crippen LogP contribution in [0.4, 0.5) is 17.1 Å². The molecule has 0 spiro atoms. The van der Waals surface area contributed by atoms with E-state index in [-0.39, 0.29) is 11.4 Å². The number of methoxy groups -OCH3 is 1. The van der Waals surface area contributed by atoms with Crippen molar-refractivity contribution < 1.29 is 26.4 Å². The molecule has 0 aliphatic rings. The van der Waals surface area contributed by atoms with Gasteiger partial charge in [0.15, 0.2) is 0 Å². The molecule has 0 saturated carbocycles. The summed E-state index contributed by atoms with van der Waals surface area (Å²) in [7, 11) is -5.93. The molecule has 0 aliphatic heterocycles. The quantitative estimate of drug-likeness (QED) is 0.253. The van der Waals surface area contributed by atoms with Crippen molar-refractivity contribution in [1.29, 1.82) is 0 Å². The summed E-state index contributed by atoms with van der Waals surface area (Å²) in [4.78, 5) is 12.8. The number of rotatable bonds is 10. The first-order chi connectivity index (χ1) is 18.9. The van der Waals surface area contributed by atoms with E-state index in [0.717, 1.165) is 11.8 Å². The monoisotopic (exact) mass is 599 g/mol. The summed E-state index contributed by atoms with van der Waals surface area (Å²) in [5.74, 6) is 0.158. The summed E-state index contributed by atoms with van der Waals surface area (Å²) in [5.41, 5.74) is 2.21. The van der Waals surface area contributed by atoms with Crippen LogP contribution < -0.4 is 19.1 Å². The second-order valence-electron chi connectivity index (χ2n) is 8.76. The molecule has 1 amide bonds. The fourth-order valence-electron chi connectivity index (χ4n) is 3.73. The third-order valence-electron chi connectivity index (χ3n) is 5.82. The van der Waals surface area contributed by atoms with E-state index < -0.39 is 26.0 Å². The lowest BCUT2D eigenvalue weighted by atomic mass is 10.1. The summed E-state index contributed by atoms with van der Waals surface area (Å²) in [5, 5.41) is 3.26. The number of carbonyl (C=O) groups is 1. The van der Waals surface area contributed by atoms with Gasteiger partial charge in [0.05, 0.1) is 30.5 Å². The van der Waals surface area contributed by atoms with E-state index in [4.69, 9.17) is 16.3 Å². The number of amides is 1. The minimum absolute atomic E-state index is 0.0206. The lowest BCUT2D eigenvalue weighted by molar-refractivity contribution is 0.102. The Balaban J connectivity index is 1.43. The van der Waals surface area contributed by atoms with Crippen molar-refractivity contribution >= 4 is 54.6 Å². The number of hydrogen-bond acceptors (Lipinski definition) is 6. The van der Waals surface area contributed by atoms with Crippen LogP contribution in [-0.4, -0.2) is 36.1 Å². The molecule has 0 radical (unpaired) electrons. The van der Waals surface area contributed by atoms with Gasteiger partial charge in [-0.15, -0.1) is 0 Å². The van der Waals surface area contributed by atoms with Gasteiger partial charge >= 0.3 is 0 Å². The fraction of sp³-hybridized carbons (Fsp3) is 0.107. The Bertz CT molecular complexity index is 1690. The van der Waals surface area contributed by atoms with E-state index in [2.05, 4.69) is 10.0 Å². The molecule has 0 fully saturated rings. The summed E-state index contributed by atoms with van der Waals surface area (Å²) in [6.45, 7) is 0.101. The average molecular weight is 600 g/mol. The van der Waals surface area contributed by atoms with Gasteiger partial charge in [-0.05, 0) is 90.5 Å². The highest BCUT2D eigenvalue weighted by Gasteiger charge is 2.19. The summed E-state index contributed by atoms with van der Waals surface area (Å²) >= 11 is 5.92. The van der Waals surface area contributed by atoms with Gasteiger partial charge in [-0.1, -0.05) is 23.7 Å². The lowest BCUT2D eigenvalue weighted by Crippen LogP contribution is -2.29. The van der Waals surface area contributed by atoms with Crippen LogP contribution in [0.25, 0.3) is 0 Å². The van der Waals surface area contributed by atoms with Gasteiger partial charge in [-0.3, -0.25) is 13.8 Å². The van der Waals surface area contributed by atoms with Crippen LogP contribution in [0.2, 0.25) is 5.02 Å².